The van der Waals surface area contributed by atoms with Gasteiger partial charge in [-0.2, -0.15) is 0 Å². The molecular formula is C29H35NO14S5. The lowest BCUT2D eigenvalue weighted by atomic mass is 10.0. The van der Waals surface area contributed by atoms with Crippen LogP contribution in [-0.2, 0) is 50.6 Å². The number of methoxy groups -OCH3 is 1. The quantitative estimate of drug-likeness (QED) is 0.228. The minimum absolute atomic E-state index is 0.0123. The van der Waals surface area contributed by atoms with Gasteiger partial charge in [0.2, 0.25) is 4.93 Å². The van der Waals surface area contributed by atoms with Gasteiger partial charge in [0, 0.05) is 37.0 Å². The number of hydrogen-bond donors (Lipinski definition) is 1. The number of nitrogens with one attached hydrogen (secondary N) is 1. The number of benzene rings is 2. The number of hydrogen-bond acceptors (Lipinski definition) is 15. The van der Waals surface area contributed by atoms with E-state index in [1.54, 1.807) is 0 Å². The van der Waals surface area contributed by atoms with Gasteiger partial charge in [0.25, 0.3) is 11.1 Å². The maximum Gasteiger partial charge on any atom is 0.290 e. The molecule has 0 radical (unpaired) electrons. The average molecular weight is 782 g/mol. The molecule has 2 aromatic rings. The smallest absolute Gasteiger partial charge is 0.290 e. The van der Waals surface area contributed by atoms with Gasteiger partial charge < -0.3 is 18.9 Å². The average Bonchev–Trinajstić information content (AvgIpc) is 3.28. The van der Waals surface area contributed by atoms with E-state index in [1.807, 2.05) is 6.92 Å². The predicted molar refractivity (Wildman–Crippen MR) is 180 cm³/mol. The zero-order valence-electron chi connectivity index (χ0n) is 27.3. The van der Waals surface area contributed by atoms with E-state index < -0.39 is 94.6 Å². The third-order valence-electron chi connectivity index (χ3n) is 7.52. The largest absolute Gasteiger partial charge is 0.493 e. The maximum atomic E-state index is 13.4. The van der Waals surface area contributed by atoms with E-state index in [0.717, 1.165) is 12.5 Å². The van der Waals surface area contributed by atoms with Crippen molar-refractivity contribution in [3.8, 4) is 23.0 Å². The normalized spacial score (nSPS) is 19.3. The highest BCUT2D eigenvalue weighted by molar-refractivity contribution is 8.18. The van der Waals surface area contributed by atoms with E-state index in [0.29, 0.717) is 42.7 Å². The molecule has 2 aliphatic heterocycles. The molecule has 270 valence electrons. The second-order valence-corrected chi connectivity index (χ2v) is 20.6. The van der Waals surface area contributed by atoms with Crippen molar-refractivity contribution in [1.82, 2.24) is 5.32 Å². The number of carbonyl (C=O) groups excluding carboxylic acids is 2. The minimum atomic E-state index is -4.56. The Bertz CT molecular complexity index is 2190. The van der Waals surface area contributed by atoms with Crippen LogP contribution in [0.3, 0.4) is 0 Å². The van der Waals surface area contributed by atoms with Crippen LogP contribution in [-0.4, -0.2) is 95.1 Å². The van der Waals surface area contributed by atoms with Crippen LogP contribution in [0.2, 0.25) is 0 Å². The van der Waals surface area contributed by atoms with Crippen molar-refractivity contribution in [2.45, 2.75) is 52.2 Å². The van der Waals surface area contributed by atoms with Gasteiger partial charge in [-0.05, 0) is 48.4 Å². The molecule has 0 aliphatic carbocycles. The van der Waals surface area contributed by atoms with Gasteiger partial charge in [0.05, 0.1) is 18.6 Å². The van der Waals surface area contributed by atoms with Crippen LogP contribution in [0.25, 0.3) is 6.08 Å². The monoisotopic (exact) mass is 781 g/mol. The van der Waals surface area contributed by atoms with Crippen molar-refractivity contribution in [1.29, 1.82) is 0 Å². The fourth-order valence-electron chi connectivity index (χ4n) is 5.21. The highest BCUT2D eigenvalue weighted by Gasteiger charge is 2.51. The fraction of sp³-hybridized carbons (Fsp3) is 0.448. The lowest BCUT2D eigenvalue weighted by molar-refractivity contribution is -0.115. The number of thioether (sulfide) groups is 1. The van der Waals surface area contributed by atoms with Crippen LogP contribution in [0.5, 0.6) is 23.0 Å². The van der Waals surface area contributed by atoms with Gasteiger partial charge in [0.1, 0.15) is 27.0 Å². The Morgan fingerprint density at radius 1 is 0.898 bits per heavy atom. The fourth-order valence-corrected chi connectivity index (χ4v) is 10.8. The van der Waals surface area contributed by atoms with Crippen molar-refractivity contribution in [3.05, 3.63) is 34.2 Å². The molecule has 1 atom stereocenters. The summed E-state index contributed by atoms with van der Waals surface area (Å²) in [5.41, 5.74) is 0.192. The van der Waals surface area contributed by atoms with Crippen molar-refractivity contribution >= 4 is 68.3 Å². The topological polar surface area (TPSA) is 220 Å². The van der Waals surface area contributed by atoms with Crippen LogP contribution in [0.15, 0.2) is 37.8 Å². The Morgan fingerprint density at radius 2 is 1.53 bits per heavy atom. The summed E-state index contributed by atoms with van der Waals surface area (Å²) >= 11 is 0.705. The van der Waals surface area contributed by atoms with Crippen LogP contribution < -0.4 is 24.3 Å². The van der Waals surface area contributed by atoms with Gasteiger partial charge in [-0.25, -0.2) is 33.7 Å². The molecule has 2 aromatic carbocycles. The summed E-state index contributed by atoms with van der Waals surface area (Å²) in [5, 5.41) is 1.61. The van der Waals surface area contributed by atoms with Gasteiger partial charge in [-0.1, -0.05) is 19.4 Å². The van der Waals surface area contributed by atoms with Gasteiger partial charge in [-0.3, -0.25) is 14.9 Å². The summed E-state index contributed by atoms with van der Waals surface area (Å²) in [6.07, 6.45) is 4.59. The summed E-state index contributed by atoms with van der Waals surface area (Å²) in [5.74, 6) is -1.89. The molecule has 1 saturated heterocycles. The van der Waals surface area contributed by atoms with E-state index >= 15 is 0 Å². The molecule has 0 bridgehead atoms. The maximum absolute atomic E-state index is 13.4. The van der Waals surface area contributed by atoms with E-state index in [9.17, 15) is 43.3 Å². The number of unbranched alkanes of at least 4 members (excludes halogenated alkanes) is 1. The van der Waals surface area contributed by atoms with Crippen LogP contribution in [0.1, 0.15) is 37.3 Å². The van der Waals surface area contributed by atoms with E-state index in [1.165, 1.54) is 31.4 Å². The lowest BCUT2D eigenvalue weighted by Crippen LogP contribution is -2.51. The summed E-state index contributed by atoms with van der Waals surface area (Å²) in [6.45, 7) is 0.913. The molecule has 2 amide bonds. The first kappa shape index (κ1) is 38.5. The molecule has 1 N–H and O–H groups in total. The van der Waals surface area contributed by atoms with Gasteiger partial charge in [-0.15, -0.1) is 0 Å². The van der Waals surface area contributed by atoms with E-state index in [-0.39, 0.29) is 35.0 Å². The zero-order chi connectivity index (χ0) is 36.7. The standard InChI is InChI=1S/C29H35NO14S5/c1-7-8-13-42-23-24(46(3,33)34)18-11-12-29(49(6,39)40,44-22(18)25(47(4,35)36)26(23)48(5,37)38)16-43-19-10-9-17(14-20(19)41-2)15-21-27(31)30-28(32)45-21/h9-10,14-15H,7-8,11-13,16H2,1-6H3,(H,30,31,32). The Kier molecular flexibility index (Phi) is 10.8. The van der Waals surface area contributed by atoms with Crippen LogP contribution in [0, 0.1) is 0 Å². The molecule has 0 aromatic heterocycles. The molecule has 4 rings (SSSR count). The number of carbonyl (C=O) groups is 2. The summed E-state index contributed by atoms with van der Waals surface area (Å²) in [6, 6.07) is 4.37. The second kappa shape index (κ2) is 13.8. The Morgan fingerprint density at radius 3 is 2.04 bits per heavy atom. The Hall–Kier alpha value is -3.33. The molecule has 1 fully saturated rings. The number of sulfone groups is 4. The van der Waals surface area contributed by atoms with Crippen molar-refractivity contribution < 1.29 is 62.2 Å². The SMILES string of the molecule is CCCCOc1c(S(C)(=O)=O)c2c(c(S(C)(=O)=O)c1S(C)(=O)=O)OC(COc1ccc(C=C3SC(=O)NC3=O)cc1OC)(S(C)(=O)=O)CC2. The Balaban J connectivity index is 1.89. The number of rotatable bonds is 13. The zero-order valence-corrected chi connectivity index (χ0v) is 31.4. The highest BCUT2D eigenvalue weighted by atomic mass is 32.2. The lowest BCUT2D eigenvalue weighted by Gasteiger charge is -2.38. The first-order chi connectivity index (χ1) is 22.5. The Labute approximate surface area is 289 Å². The number of imide groups is 1. The molecule has 0 spiro atoms. The van der Waals surface area contributed by atoms with Gasteiger partial charge >= 0.3 is 0 Å². The third kappa shape index (κ3) is 8.03. The first-order valence-electron chi connectivity index (χ1n) is 14.4. The van der Waals surface area contributed by atoms with Crippen LogP contribution >= 0.6 is 11.8 Å². The number of fused-ring (bicyclic) bond motifs is 1. The van der Waals surface area contributed by atoms with E-state index in [4.69, 9.17) is 18.9 Å². The molecule has 15 nitrogen and oxygen atoms in total. The van der Waals surface area contributed by atoms with E-state index in [2.05, 4.69) is 5.32 Å². The number of amides is 2. The van der Waals surface area contributed by atoms with Gasteiger partial charge in [0.15, 0.2) is 56.6 Å². The molecular weight excluding hydrogens is 747 g/mol. The molecule has 2 heterocycles. The van der Waals surface area contributed by atoms with Crippen molar-refractivity contribution in [2.24, 2.45) is 0 Å². The highest BCUT2D eigenvalue weighted by Crippen LogP contribution is 2.51. The second-order valence-electron chi connectivity index (χ2n) is 11.5. The third-order valence-corrected chi connectivity index (χ3v) is 13.7. The minimum Gasteiger partial charge on any atom is -0.493 e. The molecule has 0 saturated carbocycles. The molecule has 49 heavy (non-hydrogen) atoms. The van der Waals surface area contributed by atoms with Crippen LogP contribution in [0.4, 0.5) is 4.79 Å². The summed E-state index contributed by atoms with van der Waals surface area (Å²) in [7, 11) is -16.5. The molecule has 1 unspecified atom stereocenters. The summed E-state index contributed by atoms with van der Waals surface area (Å²) in [4.78, 5) is 18.8. The predicted octanol–water partition coefficient (Wildman–Crippen LogP) is 2.55. The number of ether oxygens (including phenoxy) is 4. The van der Waals surface area contributed by atoms with Crippen molar-refractivity contribution in [3.63, 3.8) is 0 Å². The first-order valence-corrected chi connectivity index (χ1v) is 22.8. The molecule has 2 aliphatic rings. The molecule has 20 heteroatoms. The summed E-state index contributed by atoms with van der Waals surface area (Å²) < 4.78 is 129. The van der Waals surface area contributed by atoms with Crippen molar-refractivity contribution in [2.75, 3.05) is 45.3 Å².